The molecule has 0 unspecified atom stereocenters. The van der Waals surface area contributed by atoms with Gasteiger partial charge in [0.25, 0.3) is 0 Å². The Labute approximate surface area is 103 Å². The summed E-state index contributed by atoms with van der Waals surface area (Å²) in [6, 6.07) is 16.6. The number of para-hydroxylation sites is 1. The van der Waals surface area contributed by atoms with Gasteiger partial charge in [-0.3, -0.25) is 0 Å². The average molecular weight is 226 g/mol. The van der Waals surface area contributed by atoms with Crippen LogP contribution in [0.2, 0.25) is 0 Å². The normalized spacial score (nSPS) is 10.2. The fourth-order valence-electron chi connectivity index (χ4n) is 1.93. The van der Waals surface area contributed by atoms with Crippen molar-refractivity contribution in [2.24, 2.45) is 0 Å². The lowest BCUT2D eigenvalue weighted by atomic mass is 10.1. The molecule has 88 valence electrons. The van der Waals surface area contributed by atoms with Crippen molar-refractivity contribution in [3.05, 3.63) is 65.2 Å². The van der Waals surface area contributed by atoms with E-state index < -0.39 is 0 Å². The summed E-state index contributed by atoms with van der Waals surface area (Å²) in [5, 5.41) is 0. The molecule has 17 heavy (non-hydrogen) atoms. The van der Waals surface area contributed by atoms with Crippen molar-refractivity contribution in [1.82, 2.24) is 0 Å². The molecule has 2 aromatic rings. The van der Waals surface area contributed by atoms with Crippen LogP contribution in [0.5, 0.6) is 5.75 Å². The van der Waals surface area contributed by atoms with Crippen molar-refractivity contribution < 1.29 is 4.74 Å². The minimum Gasteiger partial charge on any atom is -0.488 e. The molecule has 0 radical (unpaired) electrons. The molecule has 1 heteroatoms. The lowest BCUT2D eigenvalue weighted by Crippen LogP contribution is -1.99. The summed E-state index contributed by atoms with van der Waals surface area (Å²) in [5.41, 5.74) is 3.69. The first-order chi connectivity index (χ1) is 8.31. The first kappa shape index (κ1) is 11.7. The lowest BCUT2D eigenvalue weighted by Gasteiger charge is -2.13. The monoisotopic (exact) mass is 226 g/mol. The van der Waals surface area contributed by atoms with Gasteiger partial charge in [-0.05, 0) is 30.0 Å². The molecule has 0 spiro atoms. The van der Waals surface area contributed by atoms with Gasteiger partial charge in [-0.1, -0.05) is 55.5 Å². The van der Waals surface area contributed by atoms with Crippen LogP contribution in [0.15, 0.2) is 48.5 Å². The fourth-order valence-corrected chi connectivity index (χ4v) is 1.93. The van der Waals surface area contributed by atoms with Crippen LogP contribution in [0.4, 0.5) is 0 Å². The quantitative estimate of drug-likeness (QED) is 0.761. The molecule has 0 saturated carbocycles. The molecule has 0 fully saturated rings. The molecule has 0 atom stereocenters. The maximum absolute atomic E-state index is 5.94. The van der Waals surface area contributed by atoms with Gasteiger partial charge in [-0.15, -0.1) is 0 Å². The predicted molar refractivity (Wildman–Crippen MR) is 71.3 cm³/mol. The highest BCUT2D eigenvalue weighted by molar-refractivity contribution is 5.40. The third kappa shape index (κ3) is 2.88. The number of hydrogen-bond donors (Lipinski definition) is 0. The van der Waals surface area contributed by atoms with E-state index >= 15 is 0 Å². The van der Waals surface area contributed by atoms with Crippen LogP contribution >= 0.6 is 0 Å². The first-order valence-corrected chi connectivity index (χ1v) is 6.06. The van der Waals surface area contributed by atoms with Gasteiger partial charge in [0.2, 0.25) is 0 Å². The van der Waals surface area contributed by atoms with E-state index in [1.54, 1.807) is 0 Å². The van der Waals surface area contributed by atoms with Crippen LogP contribution in [-0.2, 0) is 13.0 Å². The molecule has 2 aromatic carbocycles. The number of aryl methyl sites for hydroxylation is 2. The summed E-state index contributed by atoms with van der Waals surface area (Å²) in [5.74, 6) is 1.04. The van der Waals surface area contributed by atoms with E-state index in [0.29, 0.717) is 6.61 Å². The Balaban J connectivity index is 2.14. The Morgan fingerprint density at radius 2 is 1.71 bits per heavy atom. The van der Waals surface area contributed by atoms with E-state index in [-0.39, 0.29) is 0 Å². The smallest absolute Gasteiger partial charge is 0.125 e. The highest BCUT2D eigenvalue weighted by atomic mass is 16.5. The first-order valence-electron chi connectivity index (χ1n) is 6.06. The van der Waals surface area contributed by atoms with Crippen molar-refractivity contribution in [3.63, 3.8) is 0 Å². The molecule has 0 bridgehead atoms. The Bertz CT molecular complexity index is 474. The second-order valence-electron chi connectivity index (χ2n) is 4.19. The van der Waals surface area contributed by atoms with E-state index in [1.807, 2.05) is 18.2 Å². The molecule has 1 nitrogen and oxygen atoms in total. The van der Waals surface area contributed by atoms with Crippen LogP contribution in [-0.4, -0.2) is 0 Å². The molecule has 0 aliphatic carbocycles. The van der Waals surface area contributed by atoms with Gasteiger partial charge in [-0.25, -0.2) is 0 Å². The van der Waals surface area contributed by atoms with E-state index in [4.69, 9.17) is 4.74 Å². The van der Waals surface area contributed by atoms with E-state index in [9.17, 15) is 0 Å². The van der Waals surface area contributed by atoms with Gasteiger partial charge >= 0.3 is 0 Å². The van der Waals surface area contributed by atoms with Crippen LogP contribution < -0.4 is 4.74 Å². The van der Waals surface area contributed by atoms with Crippen LogP contribution in [0.3, 0.4) is 0 Å². The number of hydrogen-bond acceptors (Lipinski definition) is 1. The van der Waals surface area contributed by atoms with Gasteiger partial charge in [0.15, 0.2) is 0 Å². The Morgan fingerprint density at radius 3 is 2.41 bits per heavy atom. The third-order valence-corrected chi connectivity index (χ3v) is 2.90. The molecule has 0 aliphatic rings. The molecule has 0 heterocycles. The van der Waals surface area contributed by atoms with Crippen molar-refractivity contribution in [2.45, 2.75) is 26.9 Å². The largest absolute Gasteiger partial charge is 0.488 e. The molecule has 0 N–H and O–H groups in total. The summed E-state index contributed by atoms with van der Waals surface area (Å²) in [6.07, 6.45) is 1.01. The molecule has 2 rings (SSSR count). The Kier molecular flexibility index (Phi) is 3.81. The number of benzene rings is 2. The Morgan fingerprint density at radius 1 is 0.941 bits per heavy atom. The summed E-state index contributed by atoms with van der Waals surface area (Å²) < 4.78 is 5.94. The van der Waals surface area contributed by atoms with E-state index in [1.165, 1.54) is 16.7 Å². The topological polar surface area (TPSA) is 9.23 Å². The minimum absolute atomic E-state index is 0.638. The molecular formula is C16H18O. The maximum Gasteiger partial charge on any atom is 0.125 e. The molecule has 0 amide bonds. The predicted octanol–water partition coefficient (Wildman–Crippen LogP) is 4.14. The van der Waals surface area contributed by atoms with E-state index in [2.05, 4.69) is 44.2 Å². The maximum atomic E-state index is 5.94. The third-order valence-electron chi connectivity index (χ3n) is 2.90. The van der Waals surface area contributed by atoms with E-state index in [0.717, 1.165) is 12.2 Å². The fraction of sp³-hybridized carbons (Fsp3) is 0.250. The highest BCUT2D eigenvalue weighted by Crippen LogP contribution is 2.24. The molecule has 0 saturated heterocycles. The molecule has 0 aromatic heterocycles. The van der Waals surface area contributed by atoms with Crippen LogP contribution in [0.1, 0.15) is 23.6 Å². The van der Waals surface area contributed by atoms with Gasteiger partial charge in [-0.2, -0.15) is 0 Å². The van der Waals surface area contributed by atoms with Gasteiger partial charge in [0.05, 0.1) is 0 Å². The van der Waals surface area contributed by atoms with Gasteiger partial charge in [0, 0.05) is 0 Å². The zero-order valence-electron chi connectivity index (χ0n) is 10.4. The molecular weight excluding hydrogens is 208 g/mol. The summed E-state index contributed by atoms with van der Waals surface area (Å²) in [4.78, 5) is 0. The second kappa shape index (κ2) is 5.53. The Hall–Kier alpha value is -1.76. The number of rotatable bonds is 4. The van der Waals surface area contributed by atoms with Gasteiger partial charge < -0.3 is 4.74 Å². The minimum atomic E-state index is 0.638. The van der Waals surface area contributed by atoms with Crippen molar-refractivity contribution in [2.75, 3.05) is 0 Å². The SMILES string of the molecule is CCc1cccc(C)c1OCc1ccccc1. The second-order valence-corrected chi connectivity index (χ2v) is 4.19. The average Bonchev–Trinajstić information content (AvgIpc) is 2.38. The summed E-state index contributed by atoms with van der Waals surface area (Å²) in [7, 11) is 0. The van der Waals surface area contributed by atoms with Crippen molar-refractivity contribution >= 4 is 0 Å². The number of ether oxygens (including phenoxy) is 1. The molecule has 0 aliphatic heterocycles. The van der Waals surface area contributed by atoms with Crippen LogP contribution in [0, 0.1) is 6.92 Å². The van der Waals surface area contributed by atoms with Gasteiger partial charge in [0.1, 0.15) is 12.4 Å². The van der Waals surface area contributed by atoms with Crippen molar-refractivity contribution in [1.29, 1.82) is 0 Å². The lowest BCUT2D eigenvalue weighted by molar-refractivity contribution is 0.301. The zero-order valence-corrected chi connectivity index (χ0v) is 10.4. The van der Waals surface area contributed by atoms with Crippen LogP contribution in [0.25, 0.3) is 0 Å². The van der Waals surface area contributed by atoms with Crippen molar-refractivity contribution in [3.8, 4) is 5.75 Å². The summed E-state index contributed by atoms with van der Waals surface area (Å²) >= 11 is 0. The zero-order chi connectivity index (χ0) is 12.1. The highest BCUT2D eigenvalue weighted by Gasteiger charge is 2.05. The summed E-state index contributed by atoms with van der Waals surface area (Å²) in [6.45, 7) is 4.89. The standard InChI is InChI=1S/C16H18O/c1-3-15-11-7-8-13(2)16(15)17-12-14-9-5-4-6-10-14/h4-11H,3,12H2,1-2H3.